The molecule has 1 heterocycles. The van der Waals surface area contributed by atoms with Crippen LogP contribution in [-0.4, -0.2) is 18.5 Å². The molecule has 0 radical (unpaired) electrons. The van der Waals surface area contributed by atoms with Crippen LogP contribution in [0.1, 0.15) is 24.1 Å². The van der Waals surface area contributed by atoms with Crippen LogP contribution < -0.4 is 14.8 Å². The van der Waals surface area contributed by atoms with Gasteiger partial charge in [-0.3, -0.25) is 4.79 Å². The lowest BCUT2D eigenvalue weighted by molar-refractivity contribution is -0.119. The zero-order chi connectivity index (χ0) is 18.6. The first-order chi connectivity index (χ1) is 13.2. The molecule has 0 spiro atoms. The second-order valence-corrected chi connectivity index (χ2v) is 7.56. The van der Waals surface area contributed by atoms with E-state index in [1.165, 1.54) is 10.8 Å². The van der Waals surface area contributed by atoms with Crippen molar-refractivity contribution in [3.05, 3.63) is 71.8 Å². The SMILES string of the molecule is C[C@H](NC(=O)CSCc1ccc2c(c1)OCO2)c1ccc2ccccc2c1. The molecule has 3 aromatic rings. The summed E-state index contributed by atoms with van der Waals surface area (Å²) in [6, 6.07) is 20.4. The van der Waals surface area contributed by atoms with E-state index in [4.69, 9.17) is 9.47 Å². The van der Waals surface area contributed by atoms with E-state index in [-0.39, 0.29) is 18.7 Å². The standard InChI is InChI=1S/C22H21NO3S/c1-15(18-8-7-17-4-2-3-5-19(17)11-18)23-22(24)13-27-12-16-6-9-20-21(10-16)26-14-25-20/h2-11,15H,12-14H2,1H3,(H,23,24)/t15-/m0/s1. The van der Waals surface area contributed by atoms with E-state index in [9.17, 15) is 4.79 Å². The third-order valence-electron chi connectivity index (χ3n) is 4.59. The lowest BCUT2D eigenvalue weighted by atomic mass is 10.0. The zero-order valence-corrected chi connectivity index (χ0v) is 15.9. The summed E-state index contributed by atoms with van der Waals surface area (Å²) >= 11 is 1.59. The topological polar surface area (TPSA) is 47.6 Å². The Hall–Kier alpha value is -2.66. The van der Waals surface area contributed by atoms with Crippen LogP contribution in [-0.2, 0) is 10.5 Å². The van der Waals surface area contributed by atoms with Crippen molar-refractivity contribution in [3.8, 4) is 11.5 Å². The van der Waals surface area contributed by atoms with Crippen LogP contribution >= 0.6 is 11.8 Å². The van der Waals surface area contributed by atoms with Crippen LogP contribution in [0, 0.1) is 0 Å². The minimum atomic E-state index is -0.0201. The molecule has 0 bridgehead atoms. The molecule has 0 fully saturated rings. The lowest BCUT2D eigenvalue weighted by Crippen LogP contribution is -2.28. The highest BCUT2D eigenvalue weighted by molar-refractivity contribution is 7.99. The molecule has 5 heteroatoms. The number of hydrogen-bond donors (Lipinski definition) is 1. The smallest absolute Gasteiger partial charge is 0.231 e. The fourth-order valence-corrected chi connectivity index (χ4v) is 3.92. The first-order valence-corrected chi connectivity index (χ1v) is 10.1. The van der Waals surface area contributed by atoms with Crippen molar-refractivity contribution in [2.45, 2.75) is 18.7 Å². The van der Waals surface area contributed by atoms with Crippen molar-refractivity contribution < 1.29 is 14.3 Å². The monoisotopic (exact) mass is 379 g/mol. The van der Waals surface area contributed by atoms with Crippen LogP contribution in [0.2, 0.25) is 0 Å². The molecular formula is C22H21NO3S. The molecule has 1 amide bonds. The molecule has 1 N–H and O–H groups in total. The van der Waals surface area contributed by atoms with Crippen LogP contribution in [0.25, 0.3) is 10.8 Å². The molecule has 1 aliphatic heterocycles. The Bertz CT molecular complexity index is 973. The third-order valence-corrected chi connectivity index (χ3v) is 5.59. The molecule has 138 valence electrons. The average Bonchev–Trinajstić information content (AvgIpc) is 3.15. The van der Waals surface area contributed by atoms with E-state index < -0.39 is 0 Å². The summed E-state index contributed by atoms with van der Waals surface area (Å²) in [6.45, 7) is 2.30. The second kappa shape index (κ2) is 7.92. The number of benzene rings is 3. The maximum Gasteiger partial charge on any atom is 0.231 e. The second-order valence-electron chi connectivity index (χ2n) is 6.58. The highest BCUT2D eigenvalue weighted by Gasteiger charge is 2.14. The van der Waals surface area contributed by atoms with E-state index in [0.717, 1.165) is 28.4 Å². The Labute approximate surface area is 162 Å². The summed E-state index contributed by atoms with van der Waals surface area (Å²) in [6.07, 6.45) is 0. The van der Waals surface area contributed by atoms with Gasteiger partial charge in [0, 0.05) is 5.75 Å². The predicted octanol–water partition coefficient (Wildman–Crippen LogP) is 4.68. The summed E-state index contributed by atoms with van der Waals surface area (Å²) in [5.41, 5.74) is 2.24. The summed E-state index contributed by atoms with van der Waals surface area (Å²) < 4.78 is 10.7. The Morgan fingerprint density at radius 3 is 2.74 bits per heavy atom. The van der Waals surface area contributed by atoms with Gasteiger partial charge in [-0.2, -0.15) is 0 Å². The number of nitrogens with one attached hydrogen (secondary N) is 1. The Morgan fingerprint density at radius 1 is 1.04 bits per heavy atom. The van der Waals surface area contributed by atoms with E-state index in [1.807, 2.05) is 37.3 Å². The molecule has 0 aliphatic carbocycles. The molecule has 0 saturated heterocycles. The number of hydrogen-bond acceptors (Lipinski definition) is 4. The van der Waals surface area contributed by atoms with Gasteiger partial charge in [-0.1, -0.05) is 42.5 Å². The number of rotatable bonds is 6. The molecule has 3 aromatic carbocycles. The van der Waals surface area contributed by atoms with Gasteiger partial charge in [0.25, 0.3) is 0 Å². The van der Waals surface area contributed by atoms with E-state index in [0.29, 0.717) is 5.75 Å². The van der Waals surface area contributed by atoms with Crippen molar-refractivity contribution in [3.63, 3.8) is 0 Å². The van der Waals surface area contributed by atoms with Gasteiger partial charge in [0.2, 0.25) is 12.7 Å². The van der Waals surface area contributed by atoms with Crippen molar-refractivity contribution in [1.82, 2.24) is 5.32 Å². The molecular weight excluding hydrogens is 358 g/mol. The third kappa shape index (κ3) is 4.19. The highest BCUT2D eigenvalue weighted by Crippen LogP contribution is 2.33. The molecule has 0 unspecified atom stereocenters. The van der Waals surface area contributed by atoms with Crippen LogP contribution in [0.4, 0.5) is 0 Å². The van der Waals surface area contributed by atoms with Crippen molar-refractivity contribution in [1.29, 1.82) is 0 Å². The summed E-state index contributed by atoms with van der Waals surface area (Å²) in [7, 11) is 0. The number of thioether (sulfide) groups is 1. The van der Waals surface area contributed by atoms with Gasteiger partial charge in [-0.25, -0.2) is 0 Å². The van der Waals surface area contributed by atoms with Gasteiger partial charge in [0.1, 0.15) is 0 Å². The minimum Gasteiger partial charge on any atom is -0.454 e. The maximum absolute atomic E-state index is 12.3. The maximum atomic E-state index is 12.3. The van der Waals surface area contributed by atoms with E-state index in [1.54, 1.807) is 11.8 Å². The van der Waals surface area contributed by atoms with Crippen LogP contribution in [0.3, 0.4) is 0 Å². The van der Waals surface area contributed by atoms with Crippen molar-refractivity contribution >= 4 is 28.4 Å². The Balaban J connectivity index is 1.29. The normalized spacial score (nSPS) is 13.5. The quantitative estimate of drug-likeness (QED) is 0.676. The number of carbonyl (C=O) groups is 1. The largest absolute Gasteiger partial charge is 0.454 e. The van der Waals surface area contributed by atoms with Crippen molar-refractivity contribution in [2.24, 2.45) is 0 Å². The van der Waals surface area contributed by atoms with Gasteiger partial charge in [-0.15, -0.1) is 11.8 Å². The van der Waals surface area contributed by atoms with Gasteiger partial charge in [-0.05, 0) is 47.0 Å². The summed E-state index contributed by atoms with van der Waals surface area (Å²) in [5.74, 6) is 2.79. The molecule has 4 rings (SSSR count). The molecule has 27 heavy (non-hydrogen) atoms. The Morgan fingerprint density at radius 2 is 1.85 bits per heavy atom. The zero-order valence-electron chi connectivity index (χ0n) is 15.1. The van der Waals surface area contributed by atoms with Crippen molar-refractivity contribution in [2.75, 3.05) is 12.5 Å². The van der Waals surface area contributed by atoms with Gasteiger partial charge < -0.3 is 14.8 Å². The number of ether oxygens (including phenoxy) is 2. The number of carbonyl (C=O) groups excluding carboxylic acids is 1. The highest BCUT2D eigenvalue weighted by atomic mass is 32.2. The molecule has 1 aliphatic rings. The van der Waals surface area contributed by atoms with Gasteiger partial charge >= 0.3 is 0 Å². The minimum absolute atomic E-state index is 0.0201. The first kappa shape index (κ1) is 17.7. The van der Waals surface area contributed by atoms with Crippen LogP contribution in [0.15, 0.2) is 60.7 Å². The fraction of sp³-hybridized carbons (Fsp3) is 0.227. The van der Waals surface area contributed by atoms with E-state index in [2.05, 4.69) is 35.6 Å². The predicted molar refractivity (Wildman–Crippen MR) is 109 cm³/mol. The molecule has 0 aromatic heterocycles. The fourth-order valence-electron chi connectivity index (χ4n) is 3.14. The summed E-state index contributed by atoms with van der Waals surface area (Å²) in [4.78, 5) is 12.3. The molecule has 0 saturated carbocycles. The van der Waals surface area contributed by atoms with E-state index >= 15 is 0 Å². The first-order valence-electron chi connectivity index (χ1n) is 8.93. The molecule has 4 nitrogen and oxygen atoms in total. The number of fused-ring (bicyclic) bond motifs is 2. The lowest BCUT2D eigenvalue weighted by Gasteiger charge is -2.15. The van der Waals surface area contributed by atoms with Gasteiger partial charge in [0.05, 0.1) is 11.8 Å². The summed E-state index contributed by atoms with van der Waals surface area (Å²) in [5, 5.41) is 5.48. The Kier molecular flexibility index (Phi) is 5.21. The van der Waals surface area contributed by atoms with Gasteiger partial charge in [0.15, 0.2) is 11.5 Å². The molecule has 1 atom stereocenters. The van der Waals surface area contributed by atoms with Crippen LogP contribution in [0.5, 0.6) is 11.5 Å². The average molecular weight is 379 g/mol. The number of amides is 1.